The van der Waals surface area contributed by atoms with Crippen molar-refractivity contribution in [3.8, 4) is 0 Å². The van der Waals surface area contributed by atoms with Crippen molar-refractivity contribution in [3.05, 3.63) is 47.8 Å². The van der Waals surface area contributed by atoms with Gasteiger partial charge in [-0.15, -0.1) is 0 Å². The first-order chi connectivity index (χ1) is 18.3. The van der Waals surface area contributed by atoms with Gasteiger partial charge in [-0.1, -0.05) is 44.1 Å². The average molecular weight is 519 g/mol. The van der Waals surface area contributed by atoms with Crippen LogP contribution in [0.15, 0.2) is 42.3 Å². The van der Waals surface area contributed by atoms with Crippen molar-refractivity contribution in [2.75, 3.05) is 6.61 Å². The highest BCUT2D eigenvalue weighted by Crippen LogP contribution is 2.66. The molecule has 1 aromatic rings. The molecule has 1 amide bonds. The van der Waals surface area contributed by atoms with Gasteiger partial charge in [0.05, 0.1) is 6.61 Å². The molecule has 0 spiro atoms. The van der Waals surface area contributed by atoms with E-state index in [4.69, 9.17) is 4.74 Å². The van der Waals surface area contributed by atoms with Gasteiger partial charge >= 0.3 is 5.97 Å². The molecule has 0 aliphatic heterocycles. The molecule has 5 nitrogen and oxygen atoms in total. The second-order valence-electron chi connectivity index (χ2n) is 12.7. The third-order valence-corrected chi connectivity index (χ3v) is 10.6. The minimum absolute atomic E-state index is 0.133. The third kappa shape index (κ3) is 5.22. The lowest BCUT2D eigenvalue weighted by Crippen LogP contribution is -2.51. The quantitative estimate of drug-likeness (QED) is 0.216. The van der Waals surface area contributed by atoms with Gasteiger partial charge in [0.25, 0.3) is 0 Å². The fourth-order valence-corrected chi connectivity index (χ4v) is 8.59. The molecule has 2 fully saturated rings. The summed E-state index contributed by atoms with van der Waals surface area (Å²) in [6.45, 7) is 7.31. The van der Waals surface area contributed by atoms with Crippen LogP contribution in [0.5, 0.6) is 0 Å². The highest BCUT2D eigenvalue weighted by atomic mass is 16.5. The third-order valence-electron chi connectivity index (χ3n) is 10.6. The van der Waals surface area contributed by atoms with Crippen LogP contribution < -0.4 is 5.32 Å². The first-order valence-electron chi connectivity index (χ1n) is 15.1. The minimum Gasteiger partial charge on any atom is -0.466 e. The second kappa shape index (κ2) is 11.4. The standard InChI is InChI=1S/C33H46N2O3/c1-4-38-31(37)11-7-5-6-10-30(36)35-25-16-18-32(2)24(21-25)12-13-26-28-15-14-27(23-9-8-20-34-22-23)33(28,3)19-17-29(26)32/h8-9,12,14,20,22,25-26,28-29H,4-7,10-11,13,15-19,21H2,1-3H3,(H,35,36)/t25-,26-,28-,29-,32-,33+/m0/s1. The molecule has 2 saturated carbocycles. The zero-order valence-electron chi connectivity index (χ0n) is 23.6. The summed E-state index contributed by atoms with van der Waals surface area (Å²) in [5.41, 5.74) is 4.97. The molecule has 4 aliphatic carbocycles. The minimum atomic E-state index is -0.133. The molecule has 1 aromatic heterocycles. The fourth-order valence-electron chi connectivity index (χ4n) is 8.59. The van der Waals surface area contributed by atoms with Gasteiger partial charge in [-0.05, 0) is 110 Å². The lowest BCUT2D eigenvalue weighted by Gasteiger charge is -2.58. The van der Waals surface area contributed by atoms with E-state index in [1.165, 1.54) is 43.2 Å². The highest BCUT2D eigenvalue weighted by molar-refractivity contribution is 5.76. The number of amides is 1. The number of aromatic nitrogens is 1. The van der Waals surface area contributed by atoms with Crippen molar-refractivity contribution < 1.29 is 14.3 Å². The molecule has 206 valence electrons. The molecule has 38 heavy (non-hydrogen) atoms. The Morgan fingerprint density at radius 1 is 1.03 bits per heavy atom. The normalized spacial score (nSPS) is 33.8. The summed E-state index contributed by atoms with van der Waals surface area (Å²) in [4.78, 5) is 28.5. The van der Waals surface area contributed by atoms with Gasteiger partial charge < -0.3 is 10.1 Å². The predicted octanol–water partition coefficient (Wildman–Crippen LogP) is 7.04. The summed E-state index contributed by atoms with van der Waals surface area (Å²) >= 11 is 0. The zero-order chi connectivity index (χ0) is 26.8. The van der Waals surface area contributed by atoms with Crippen molar-refractivity contribution in [1.29, 1.82) is 0 Å². The Kier molecular flexibility index (Phi) is 8.11. The summed E-state index contributed by atoms with van der Waals surface area (Å²) < 4.78 is 4.97. The van der Waals surface area contributed by atoms with Gasteiger partial charge in [0.1, 0.15) is 0 Å². The van der Waals surface area contributed by atoms with E-state index in [1.54, 1.807) is 5.57 Å². The van der Waals surface area contributed by atoms with Crippen LogP contribution in [0.25, 0.3) is 5.57 Å². The van der Waals surface area contributed by atoms with E-state index in [1.807, 2.05) is 19.3 Å². The van der Waals surface area contributed by atoms with Gasteiger partial charge in [0.2, 0.25) is 5.91 Å². The van der Waals surface area contributed by atoms with Crippen molar-refractivity contribution in [2.24, 2.45) is 28.6 Å². The Labute approximate surface area is 228 Å². The molecule has 0 radical (unpaired) electrons. The number of fused-ring (bicyclic) bond motifs is 5. The van der Waals surface area contributed by atoms with Crippen LogP contribution in [0.4, 0.5) is 0 Å². The SMILES string of the molecule is CCOC(=O)CCCCCC(=O)N[C@H]1CC[C@@]2(C)C(=CC[C@@H]3[C@@H]2CC[C@]2(C)C(c4cccnc4)=CC[C@@H]32)C1. The number of nitrogens with one attached hydrogen (secondary N) is 1. The first kappa shape index (κ1) is 27.1. The van der Waals surface area contributed by atoms with Crippen LogP contribution in [-0.4, -0.2) is 29.5 Å². The van der Waals surface area contributed by atoms with Gasteiger partial charge in [-0.2, -0.15) is 0 Å². The summed E-state index contributed by atoms with van der Waals surface area (Å²) in [7, 11) is 0. The van der Waals surface area contributed by atoms with Crippen LogP contribution in [0.1, 0.15) is 103 Å². The molecule has 6 atom stereocenters. The number of ether oxygens (including phenoxy) is 1. The number of nitrogens with zero attached hydrogens (tertiary/aromatic N) is 1. The Bertz CT molecular complexity index is 1080. The maximum absolute atomic E-state index is 12.7. The van der Waals surface area contributed by atoms with E-state index in [2.05, 4.69) is 48.4 Å². The maximum Gasteiger partial charge on any atom is 0.305 e. The van der Waals surface area contributed by atoms with E-state index in [9.17, 15) is 9.59 Å². The molecular formula is C33H46N2O3. The van der Waals surface area contributed by atoms with Crippen LogP contribution in [0.2, 0.25) is 0 Å². The monoisotopic (exact) mass is 518 g/mol. The summed E-state index contributed by atoms with van der Waals surface area (Å²) in [6, 6.07) is 4.56. The molecule has 0 unspecified atom stereocenters. The van der Waals surface area contributed by atoms with Crippen molar-refractivity contribution in [1.82, 2.24) is 10.3 Å². The second-order valence-corrected chi connectivity index (χ2v) is 12.7. The van der Waals surface area contributed by atoms with E-state index in [-0.39, 0.29) is 28.7 Å². The van der Waals surface area contributed by atoms with E-state index in [0.717, 1.165) is 43.9 Å². The molecule has 4 aliphatic rings. The van der Waals surface area contributed by atoms with Gasteiger partial charge in [-0.25, -0.2) is 0 Å². The van der Waals surface area contributed by atoms with Crippen molar-refractivity contribution >= 4 is 17.4 Å². The van der Waals surface area contributed by atoms with Crippen LogP contribution in [0.3, 0.4) is 0 Å². The zero-order valence-corrected chi connectivity index (χ0v) is 23.6. The molecule has 5 heteroatoms. The molecule has 0 bridgehead atoms. The van der Waals surface area contributed by atoms with E-state index < -0.39 is 0 Å². The highest BCUT2D eigenvalue weighted by Gasteiger charge is 2.56. The molecule has 5 rings (SSSR count). The van der Waals surface area contributed by atoms with E-state index >= 15 is 0 Å². The lowest BCUT2D eigenvalue weighted by atomic mass is 9.47. The Morgan fingerprint density at radius 3 is 2.63 bits per heavy atom. The number of pyridine rings is 1. The van der Waals surface area contributed by atoms with Crippen molar-refractivity contribution in [2.45, 2.75) is 104 Å². The Balaban J connectivity index is 1.15. The Hall–Kier alpha value is -2.43. The fraction of sp³-hybridized carbons (Fsp3) is 0.667. The number of esters is 1. The lowest BCUT2D eigenvalue weighted by molar-refractivity contribution is -0.143. The summed E-state index contributed by atoms with van der Waals surface area (Å²) in [6.07, 6.45) is 20.7. The van der Waals surface area contributed by atoms with Gasteiger partial charge in [-0.3, -0.25) is 14.6 Å². The number of carbonyl (C=O) groups excluding carboxylic acids is 2. The van der Waals surface area contributed by atoms with Gasteiger partial charge in [0, 0.05) is 31.3 Å². The summed E-state index contributed by atoms with van der Waals surface area (Å²) in [5.74, 6) is 2.24. The first-order valence-corrected chi connectivity index (χ1v) is 15.1. The predicted molar refractivity (Wildman–Crippen MR) is 151 cm³/mol. The molecule has 0 aromatic carbocycles. The molecule has 0 saturated heterocycles. The van der Waals surface area contributed by atoms with Crippen LogP contribution in [0, 0.1) is 28.6 Å². The van der Waals surface area contributed by atoms with Crippen molar-refractivity contribution in [3.63, 3.8) is 0 Å². The van der Waals surface area contributed by atoms with Crippen LogP contribution in [-0.2, 0) is 14.3 Å². The largest absolute Gasteiger partial charge is 0.466 e. The average Bonchev–Trinajstić information content (AvgIpc) is 3.26. The Morgan fingerprint density at radius 2 is 1.84 bits per heavy atom. The topological polar surface area (TPSA) is 68.3 Å². The molecule has 1 N–H and O–H groups in total. The summed E-state index contributed by atoms with van der Waals surface area (Å²) in [5, 5.41) is 3.34. The number of rotatable bonds is 9. The number of hydrogen-bond donors (Lipinski definition) is 1. The smallest absolute Gasteiger partial charge is 0.305 e. The number of carbonyl (C=O) groups is 2. The molecular weight excluding hydrogens is 472 g/mol. The number of allylic oxidation sites excluding steroid dienone is 3. The molecule has 1 heterocycles. The van der Waals surface area contributed by atoms with E-state index in [0.29, 0.717) is 25.4 Å². The van der Waals surface area contributed by atoms with Crippen LogP contribution >= 0.6 is 0 Å². The number of hydrogen-bond acceptors (Lipinski definition) is 4. The maximum atomic E-state index is 12.7. The van der Waals surface area contributed by atoms with Gasteiger partial charge in [0.15, 0.2) is 0 Å². The number of unbranched alkanes of at least 4 members (excludes halogenated alkanes) is 2.